The second kappa shape index (κ2) is 7.67. The first-order chi connectivity index (χ1) is 13.9. The van der Waals surface area contributed by atoms with Gasteiger partial charge in [0, 0.05) is 10.6 Å². The van der Waals surface area contributed by atoms with E-state index in [2.05, 4.69) is 5.32 Å². The Kier molecular flexibility index (Phi) is 5.21. The van der Waals surface area contributed by atoms with Gasteiger partial charge in [-0.05, 0) is 60.7 Å². The fourth-order valence-corrected chi connectivity index (χ4v) is 4.52. The molecule has 0 saturated carbocycles. The predicted octanol–water partition coefficient (Wildman–Crippen LogP) is 6.07. The summed E-state index contributed by atoms with van der Waals surface area (Å²) >= 11 is 13.8. The van der Waals surface area contributed by atoms with Crippen LogP contribution in [0.1, 0.15) is 16.0 Å². The zero-order valence-corrected chi connectivity index (χ0v) is 18.0. The summed E-state index contributed by atoms with van der Waals surface area (Å²) < 4.78 is 0. The number of aryl methyl sites for hydroxylation is 2. The average Bonchev–Trinajstić information content (AvgIpc) is 3.25. The van der Waals surface area contributed by atoms with Crippen molar-refractivity contribution in [2.75, 3.05) is 10.2 Å². The van der Waals surface area contributed by atoms with Gasteiger partial charge < -0.3 is 5.32 Å². The van der Waals surface area contributed by atoms with Crippen molar-refractivity contribution < 1.29 is 9.59 Å². The number of carbonyl (C=O) groups is 2. The van der Waals surface area contributed by atoms with Crippen molar-refractivity contribution in [1.82, 2.24) is 0 Å². The number of carbonyl (C=O) groups excluding carboxylic acids is 2. The molecule has 2 amide bonds. The van der Waals surface area contributed by atoms with E-state index in [0.29, 0.717) is 10.5 Å². The van der Waals surface area contributed by atoms with Crippen molar-refractivity contribution in [3.63, 3.8) is 0 Å². The van der Waals surface area contributed by atoms with Crippen molar-refractivity contribution in [1.29, 1.82) is 0 Å². The number of rotatable bonds is 4. The van der Waals surface area contributed by atoms with Crippen LogP contribution in [0, 0.1) is 13.8 Å². The molecule has 2 aromatic carbocycles. The molecule has 0 unspecified atom stereocenters. The molecule has 146 valence electrons. The molecular weight excluding hydrogens is 427 g/mol. The number of amides is 2. The van der Waals surface area contributed by atoms with Gasteiger partial charge >= 0.3 is 0 Å². The number of hydrogen-bond acceptors (Lipinski definition) is 4. The first-order valence-corrected chi connectivity index (χ1v) is 10.5. The summed E-state index contributed by atoms with van der Waals surface area (Å²) in [6.07, 6.45) is 0. The molecule has 4 rings (SSSR count). The molecule has 1 aliphatic heterocycles. The summed E-state index contributed by atoms with van der Waals surface area (Å²) in [5, 5.41) is 5.47. The number of anilines is 2. The third-order valence-corrected chi connectivity index (χ3v) is 6.21. The van der Waals surface area contributed by atoms with Gasteiger partial charge in [-0.3, -0.25) is 9.59 Å². The van der Waals surface area contributed by atoms with E-state index < -0.39 is 11.8 Å². The standard InChI is InChI=1S/C22H16Cl2N2O2S/c1-12-9-13(2)11-14(10-12)25-20-18(17-7-4-8-29-17)21(27)26(22(20)28)16-6-3-5-15(23)19(16)24/h3-11,25H,1-2H3. The Balaban J connectivity index is 1.84. The summed E-state index contributed by atoms with van der Waals surface area (Å²) in [5.74, 6) is -0.907. The molecule has 1 aromatic heterocycles. The maximum atomic E-state index is 13.3. The fraction of sp³-hybridized carbons (Fsp3) is 0.0909. The van der Waals surface area contributed by atoms with Crippen LogP contribution in [0.4, 0.5) is 11.4 Å². The van der Waals surface area contributed by atoms with Crippen LogP contribution in [-0.4, -0.2) is 11.8 Å². The highest BCUT2D eigenvalue weighted by atomic mass is 35.5. The second-order valence-electron chi connectivity index (χ2n) is 6.75. The first kappa shape index (κ1) is 19.7. The van der Waals surface area contributed by atoms with E-state index in [9.17, 15) is 9.59 Å². The van der Waals surface area contributed by atoms with E-state index in [4.69, 9.17) is 23.2 Å². The van der Waals surface area contributed by atoms with Crippen LogP contribution >= 0.6 is 34.5 Å². The van der Waals surface area contributed by atoms with Gasteiger partial charge in [-0.15, -0.1) is 11.3 Å². The van der Waals surface area contributed by atoms with Crippen molar-refractivity contribution >= 4 is 63.3 Å². The topological polar surface area (TPSA) is 49.4 Å². The largest absolute Gasteiger partial charge is 0.350 e. The van der Waals surface area contributed by atoms with Crippen LogP contribution in [0.5, 0.6) is 0 Å². The number of hydrogen-bond donors (Lipinski definition) is 1. The lowest BCUT2D eigenvalue weighted by molar-refractivity contribution is -0.120. The molecule has 2 heterocycles. The molecule has 0 saturated heterocycles. The summed E-state index contributed by atoms with van der Waals surface area (Å²) in [4.78, 5) is 28.5. The summed E-state index contributed by atoms with van der Waals surface area (Å²) in [5.41, 5.74) is 3.65. The molecule has 4 nitrogen and oxygen atoms in total. The van der Waals surface area contributed by atoms with E-state index in [0.717, 1.165) is 21.7 Å². The maximum Gasteiger partial charge on any atom is 0.282 e. The molecule has 0 fully saturated rings. The van der Waals surface area contributed by atoms with Crippen LogP contribution in [0.2, 0.25) is 10.0 Å². The number of nitrogens with one attached hydrogen (secondary N) is 1. The number of halogens is 2. The minimum atomic E-state index is -0.471. The summed E-state index contributed by atoms with van der Waals surface area (Å²) in [6, 6.07) is 14.4. The zero-order valence-electron chi connectivity index (χ0n) is 15.6. The summed E-state index contributed by atoms with van der Waals surface area (Å²) in [6.45, 7) is 3.96. The molecule has 0 atom stereocenters. The molecule has 7 heteroatoms. The van der Waals surface area contributed by atoms with Gasteiger partial charge in [-0.1, -0.05) is 41.4 Å². The van der Waals surface area contributed by atoms with Gasteiger partial charge in [0.1, 0.15) is 5.70 Å². The Labute approximate surface area is 182 Å². The van der Waals surface area contributed by atoms with Crippen molar-refractivity contribution in [3.8, 4) is 0 Å². The quantitative estimate of drug-likeness (QED) is 0.498. The number of nitrogens with zero attached hydrogens (tertiary/aromatic N) is 1. The lowest BCUT2D eigenvalue weighted by atomic mass is 10.1. The first-order valence-electron chi connectivity index (χ1n) is 8.83. The van der Waals surface area contributed by atoms with Crippen LogP contribution < -0.4 is 10.2 Å². The van der Waals surface area contributed by atoms with Crippen LogP contribution in [0.25, 0.3) is 5.57 Å². The number of imide groups is 1. The van der Waals surface area contributed by atoms with E-state index in [1.54, 1.807) is 18.2 Å². The van der Waals surface area contributed by atoms with Gasteiger partial charge in [-0.2, -0.15) is 0 Å². The zero-order chi connectivity index (χ0) is 20.7. The Bertz CT molecular complexity index is 1150. The average molecular weight is 443 g/mol. The van der Waals surface area contributed by atoms with Crippen molar-refractivity contribution in [2.45, 2.75) is 13.8 Å². The number of benzene rings is 2. The van der Waals surface area contributed by atoms with Crippen LogP contribution in [-0.2, 0) is 9.59 Å². The minimum absolute atomic E-state index is 0.161. The van der Waals surface area contributed by atoms with Crippen LogP contribution in [0.3, 0.4) is 0 Å². The maximum absolute atomic E-state index is 13.3. The smallest absolute Gasteiger partial charge is 0.282 e. The third kappa shape index (κ3) is 3.57. The van der Waals surface area contributed by atoms with E-state index in [-0.39, 0.29) is 21.4 Å². The Morgan fingerprint density at radius 1 is 0.931 bits per heavy atom. The van der Waals surface area contributed by atoms with Crippen molar-refractivity contribution in [2.24, 2.45) is 0 Å². The molecule has 0 radical (unpaired) electrons. The Hall–Kier alpha value is -2.60. The lowest BCUT2D eigenvalue weighted by Crippen LogP contribution is -2.32. The molecule has 1 N–H and O–H groups in total. The Morgan fingerprint density at radius 3 is 2.31 bits per heavy atom. The minimum Gasteiger partial charge on any atom is -0.350 e. The summed E-state index contributed by atoms with van der Waals surface area (Å²) in [7, 11) is 0. The van der Waals surface area contributed by atoms with E-state index >= 15 is 0 Å². The molecular formula is C22H16Cl2N2O2S. The van der Waals surface area contributed by atoms with Gasteiger partial charge in [0.25, 0.3) is 11.8 Å². The lowest BCUT2D eigenvalue weighted by Gasteiger charge is -2.17. The van der Waals surface area contributed by atoms with Crippen LogP contribution in [0.15, 0.2) is 59.6 Å². The molecule has 0 aliphatic carbocycles. The Morgan fingerprint density at radius 2 is 1.66 bits per heavy atom. The van der Waals surface area contributed by atoms with E-state index in [1.165, 1.54) is 11.3 Å². The molecule has 0 bridgehead atoms. The normalized spacial score (nSPS) is 14.1. The predicted molar refractivity (Wildman–Crippen MR) is 120 cm³/mol. The highest BCUT2D eigenvalue weighted by Gasteiger charge is 2.41. The number of thiophene rings is 1. The van der Waals surface area contributed by atoms with Crippen molar-refractivity contribution in [3.05, 3.63) is 85.7 Å². The SMILES string of the molecule is Cc1cc(C)cc(NC2=C(c3cccs3)C(=O)N(c3cccc(Cl)c3Cl)C2=O)c1. The highest BCUT2D eigenvalue weighted by Crippen LogP contribution is 2.40. The van der Waals surface area contributed by atoms with Gasteiger partial charge in [0.05, 0.1) is 21.3 Å². The monoisotopic (exact) mass is 442 g/mol. The molecule has 1 aliphatic rings. The molecule has 3 aromatic rings. The van der Waals surface area contributed by atoms with E-state index in [1.807, 2.05) is 49.6 Å². The highest BCUT2D eigenvalue weighted by molar-refractivity contribution is 7.11. The van der Waals surface area contributed by atoms with Gasteiger partial charge in [0.15, 0.2) is 0 Å². The second-order valence-corrected chi connectivity index (χ2v) is 8.48. The van der Waals surface area contributed by atoms with Gasteiger partial charge in [-0.25, -0.2) is 4.90 Å². The molecule has 29 heavy (non-hydrogen) atoms. The molecule has 0 spiro atoms. The fourth-order valence-electron chi connectivity index (χ4n) is 3.37. The third-order valence-electron chi connectivity index (χ3n) is 4.51. The van der Waals surface area contributed by atoms with Gasteiger partial charge in [0.2, 0.25) is 0 Å².